The molecule has 5 heteroatoms. The van der Waals surface area contributed by atoms with Gasteiger partial charge in [0.25, 0.3) is 0 Å². The monoisotopic (exact) mass is 327 g/mol. The summed E-state index contributed by atoms with van der Waals surface area (Å²) in [6.45, 7) is 2.72. The Labute approximate surface area is 142 Å². The molecule has 1 saturated carbocycles. The average molecular weight is 327 g/mol. The number of benzene rings is 1. The summed E-state index contributed by atoms with van der Waals surface area (Å²) in [5.74, 6) is 0.817. The third-order valence-corrected chi connectivity index (χ3v) is 5.14. The van der Waals surface area contributed by atoms with Crippen molar-refractivity contribution in [3.63, 3.8) is 0 Å². The molecule has 0 unspecified atom stereocenters. The van der Waals surface area contributed by atoms with E-state index in [2.05, 4.69) is 10.2 Å². The Morgan fingerprint density at radius 2 is 2.00 bits per heavy atom. The number of carbonyl (C=O) groups is 1. The van der Waals surface area contributed by atoms with E-state index in [0.29, 0.717) is 12.6 Å². The van der Waals surface area contributed by atoms with Crippen molar-refractivity contribution >= 4 is 17.0 Å². The van der Waals surface area contributed by atoms with Crippen LogP contribution in [0.3, 0.4) is 0 Å². The second-order valence-corrected chi connectivity index (χ2v) is 7.10. The molecule has 1 aliphatic carbocycles. The normalized spacial score (nSPS) is 19.5. The zero-order valence-electron chi connectivity index (χ0n) is 14.2. The number of rotatable bonds is 4. The lowest BCUT2D eigenvalue weighted by atomic mass is 10.1. The van der Waals surface area contributed by atoms with Gasteiger partial charge in [-0.15, -0.1) is 0 Å². The van der Waals surface area contributed by atoms with Gasteiger partial charge in [-0.1, -0.05) is 18.2 Å². The third kappa shape index (κ3) is 3.41. The van der Waals surface area contributed by atoms with Crippen LogP contribution in [-0.4, -0.2) is 48.1 Å². The molecule has 2 aliphatic rings. The van der Waals surface area contributed by atoms with E-state index in [1.807, 2.05) is 37.4 Å². The predicted octanol–water partition coefficient (Wildman–Crippen LogP) is 3.20. The van der Waals surface area contributed by atoms with Gasteiger partial charge in [-0.3, -0.25) is 0 Å². The van der Waals surface area contributed by atoms with Gasteiger partial charge in [0.1, 0.15) is 11.3 Å². The molecule has 128 valence electrons. The van der Waals surface area contributed by atoms with Crippen molar-refractivity contribution in [3.05, 3.63) is 36.1 Å². The highest BCUT2D eigenvalue weighted by Crippen LogP contribution is 2.29. The van der Waals surface area contributed by atoms with E-state index in [9.17, 15) is 4.79 Å². The Kier molecular flexibility index (Phi) is 4.19. The van der Waals surface area contributed by atoms with E-state index in [0.717, 1.165) is 48.7 Å². The summed E-state index contributed by atoms with van der Waals surface area (Å²) in [6.07, 6.45) is 4.83. The highest BCUT2D eigenvalue weighted by atomic mass is 16.3. The van der Waals surface area contributed by atoms with E-state index in [1.54, 1.807) is 4.90 Å². The van der Waals surface area contributed by atoms with Gasteiger partial charge in [-0.25, -0.2) is 4.79 Å². The van der Waals surface area contributed by atoms with Crippen LogP contribution >= 0.6 is 0 Å². The number of piperidine rings is 1. The minimum atomic E-state index is -0.0136. The molecule has 1 N–H and O–H groups in total. The Morgan fingerprint density at radius 1 is 1.25 bits per heavy atom. The SMILES string of the molecule is CN(Cc1cc2ccccc2o1)C(=O)NC1CCN(C2CC2)CC1. The standard InChI is InChI=1S/C19H25N3O2/c1-21(13-17-12-14-4-2-3-5-18(14)24-17)19(23)20-15-8-10-22(11-9-15)16-6-7-16/h2-5,12,15-16H,6-11,13H2,1H3,(H,20,23). The zero-order valence-corrected chi connectivity index (χ0v) is 14.2. The van der Waals surface area contributed by atoms with E-state index in [-0.39, 0.29) is 6.03 Å². The van der Waals surface area contributed by atoms with Crippen molar-refractivity contribution < 1.29 is 9.21 Å². The molecule has 1 aromatic carbocycles. The van der Waals surface area contributed by atoms with Crippen molar-refractivity contribution in [1.82, 2.24) is 15.1 Å². The van der Waals surface area contributed by atoms with Crippen LogP contribution in [-0.2, 0) is 6.54 Å². The number of hydrogen-bond donors (Lipinski definition) is 1. The van der Waals surface area contributed by atoms with Crippen LogP contribution in [0.25, 0.3) is 11.0 Å². The fourth-order valence-corrected chi connectivity index (χ4v) is 3.55. The first-order valence-corrected chi connectivity index (χ1v) is 8.92. The fraction of sp³-hybridized carbons (Fsp3) is 0.526. The minimum absolute atomic E-state index is 0.0136. The third-order valence-electron chi connectivity index (χ3n) is 5.14. The summed E-state index contributed by atoms with van der Waals surface area (Å²) in [5, 5.41) is 4.25. The number of para-hydroxylation sites is 1. The molecule has 24 heavy (non-hydrogen) atoms. The molecule has 4 rings (SSSR count). The number of nitrogens with one attached hydrogen (secondary N) is 1. The van der Waals surface area contributed by atoms with Crippen molar-refractivity contribution in [2.45, 2.75) is 44.3 Å². The molecule has 2 heterocycles. The molecule has 0 spiro atoms. The number of likely N-dealkylation sites (tertiary alicyclic amines) is 1. The number of amides is 2. The van der Waals surface area contributed by atoms with Gasteiger partial charge in [0.05, 0.1) is 6.54 Å². The van der Waals surface area contributed by atoms with E-state index in [4.69, 9.17) is 4.42 Å². The van der Waals surface area contributed by atoms with E-state index >= 15 is 0 Å². The van der Waals surface area contributed by atoms with Gasteiger partial charge >= 0.3 is 6.03 Å². The molecule has 0 radical (unpaired) electrons. The topological polar surface area (TPSA) is 48.7 Å². The molecule has 1 saturated heterocycles. The summed E-state index contributed by atoms with van der Waals surface area (Å²) < 4.78 is 5.80. The van der Waals surface area contributed by atoms with Gasteiger partial charge in [0.15, 0.2) is 0 Å². The predicted molar refractivity (Wildman–Crippen MR) is 93.8 cm³/mol. The lowest BCUT2D eigenvalue weighted by molar-refractivity contribution is 0.171. The lowest BCUT2D eigenvalue weighted by Crippen LogP contribution is -2.48. The van der Waals surface area contributed by atoms with Crippen molar-refractivity contribution in [2.75, 3.05) is 20.1 Å². The number of fused-ring (bicyclic) bond motifs is 1. The number of hydrogen-bond acceptors (Lipinski definition) is 3. The first kappa shape index (κ1) is 15.5. The molecule has 5 nitrogen and oxygen atoms in total. The maximum Gasteiger partial charge on any atom is 0.317 e. The Balaban J connectivity index is 1.29. The summed E-state index contributed by atoms with van der Waals surface area (Å²) in [7, 11) is 1.82. The molecule has 0 atom stereocenters. The van der Waals surface area contributed by atoms with Gasteiger partial charge in [-0.05, 0) is 37.8 Å². The number of carbonyl (C=O) groups excluding carboxylic acids is 1. The second-order valence-electron chi connectivity index (χ2n) is 7.10. The van der Waals surface area contributed by atoms with Crippen LogP contribution in [0.4, 0.5) is 4.79 Å². The maximum absolute atomic E-state index is 12.4. The highest BCUT2D eigenvalue weighted by Gasteiger charge is 2.32. The number of nitrogens with zero attached hydrogens (tertiary/aromatic N) is 2. The van der Waals surface area contributed by atoms with Crippen LogP contribution in [0.1, 0.15) is 31.4 Å². The van der Waals surface area contributed by atoms with Gasteiger partial charge in [-0.2, -0.15) is 0 Å². The Hall–Kier alpha value is -2.01. The Bertz CT molecular complexity index is 681. The first-order chi connectivity index (χ1) is 11.7. The van der Waals surface area contributed by atoms with E-state index in [1.165, 1.54) is 12.8 Å². The molecular weight excluding hydrogens is 302 g/mol. The summed E-state index contributed by atoms with van der Waals surface area (Å²) >= 11 is 0. The number of urea groups is 1. The van der Waals surface area contributed by atoms with Gasteiger partial charge < -0.3 is 19.5 Å². The molecule has 1 aliphatic heterocycles. The quantitative estimate of drug-likeness (QED) is 0.938. The van der Waals surface area contributed by atoms with Gasteiger partial charge in [0, 0.05) is 37.6 Å². The number of furan rings is 1. The Morgan fingerprint density at radius 3 is 2.71 bits per heavy atom. The van der Waals surface area contributed by atoms with Crippen LogP contribution in [0.2, 0.25) is 0 Å². The van der Waals surface area contributed by atoms with Crippen molar-refractivity contribution in [2.24, 2.45) is 0 Å². The molecule has 2 fully saturated rings. The van der Waals surface area contributed by atoms with Crippen LogP contribution < -0.4 is 5.32 Å². The van der Waals surface area contributed by atoms with Gasteiger partial charge in [0.2, 0.25) is 0 Å². The minimum Gasteiger partial charge on any atom is -0.459 e. The van der Waals surface area contributed by atoms with Crippen LogP contribution in [0.5, 0.6) is 0 Å². The summed E-state index contributed by atoms with van der Waals surface area (Å²) in [6, 6.07) is 11.0. The molecule has 2 amide bonds. The smallest absolute Gasteiger partial charge is 0.317 e. The molecule has 2 aromatic rings. The fourth-order valence-electron chi connectivity index (χ4n) is 3.55. The molecule has 1 aromatic heterocycles. The van der Waals surface area contributed by atoms with Crippen molar-refractivity contribution in [1.29, 1.82) is 0 Å². The van der Waals surface area contributed by atoms with Crippen LogP contribution in [0.15, 0.2) is 34.7 Å². The van der Waals surface area contributed by atoms with Crippen LogP contribution in [0, 0.1) is 0 Å². The molecular formula is C19H25N3O2. The summed E-state index contributed by atoms with van der Waals surface area (Å²) in [4.78, 5) is 16.7. The second kappa shape index (κ2) is 6.48. The lowest BCUT2D eigenvalue weighted by Gasteiger charge is -2.33. The van der Waals surface area contributed by atoms with Crippen molar-refractivity contribution in [3.8, 4) is 0 Å². The highest BCUT2D eigenvalue weighted by molar-refractivity contribution is 5.78. The molecule has 0 bridgehead atoms. The average Bonchev–Trinajstić information content (AvgIpc) is 3.35. The zero-order chi connectivity index (χ0) is 16.5. The van der Waals surface area contributed by atoms with E-state index < -0.39 is 0 Å². The first-order valence-electron chi connectivity index (χ1n) is 8.92. The summed E-state index contributed by atoms with van der Waals surface area (Å²) in [5.41, 5.74) is 0.869. The maximum atomic E-state index is 12.4. The largest absolute Gasteiger partial charge is 0.459 e.